The van der Waals surface area contributed by atoms with Crippen LogP contribution in [0.3, 0.4) is 0 Å². The Bertz CT molecular complexity index is 943. The number of nitrogens with one attached hydrogen (secondary N) is 1. The zero-order valence-corrected chi connectivity index (χ0v) is 21.4. The second-order valence-corrected chi connectivity index (χ2v) is 8.57. The highest BCUT2D eigenvalue weighted by Gasteiger charge is 2.41. The number of benzene rings is 2. The summed E-state index contributed by atoms with van der Waals surface area (Å²) in [5, 5.41) is 3.53. The molecule has 8 heteroatoms. The number of hydrogen-bond donors (Lipinski definition) is 1. The molecule has 3 aliphatic rings. The van der Waals surface area contributed by atoms with Crippen molar-refractivity contribution in [2.75, 3.05) is 46.5 Å². The van der Waals surface area contributed by atoms with E-state index in [1.165, 1.54) is 5.56 Å². The first kappa shape index (κ1) is 24.1. The van der Waals surface area contributed by atoms with Crippen LogP contribution in [0.4, 0.5) is 0 Å². The monoisotopic (exact) mass is 564 g/mol. The van der Waals surface area contributed by atoms with E-state index in [4.69, 9.17) is 14.2 Å². The van der Waals surface area contributed by atoms with Gasteiger partial charge in [0.2, 0.25) is 0 Å². The van der Waals surface area contributed by atoms with E-state index in [0.717, 1.165) is 62.2 Å². The highest BCUT2D eigenvalue weighted by molar-refractivity contribution is 14.0. The zero-order chi connectivity index (χ0) is 21.8. The van der Waals surface area contributed by atoms with Gasteiger partial charge in [-0.3, -0.25) is 9.89 Å². The van der Waals surface area contributed by atoms with Crippen LogP contribution in [0.5, 0.6) is 11.5 Å². The lowest BCUT2D eigenvalue weighted by molar-refractivity contribution is -0.0502. The van der Waals surface area contributed by atoms with Crippen molar-refractivity contribution in [2.24, 2.45) is 4.99 Å². The standard InChI is InChI=1S/C25H32N4O3.HI/c1-26-25(27-15-20-8-9-22-23(14-20)31-12-5-11-30-22)29-17-21-24(18-29)32-13-10-28(21)16-19-6-3-2-4-7-19;/h2-4,6-9,14,21,24H,5,10-13,15-18H2,1H3,(H,26,27);1H. The van der Waals surface area contributed by atoms with E-state index in [-0.39, 0.29) is 30.1 Å². The van der Waals surface area contributed by atoms with Crippen LogP contribution < -0.4 is 14.8 Å². The van der Waals surface area contributed by atoms with Crippen molar-refractivity contribution in [3.05, 3.63) is 59.7 Å². The van der Waals surface area contributed by atoms with Gasteiger partial charge >= 0.3 is 0 Å². The molecule has 0 saturated carbocycles. The van der Waals surface area contributed by atoms with E-state index in [9.17, 15) is 0 Å². The molecule has 3 aliphatic heterocycles. The third-order valence-corrected chi connectivity index (χ3v) is 6.42. The van der Waals surface area contributed by atoms with Crippen LogP contribution in [0.15, 0.2) is 53.5 Å². The Balaban J connectivity index is 0.00000259. The van der Waals surface area contributed by atoms with Crippen molar-refractivity contribution in [1.82, 2.24) is 15.1 Å². The molecule has 2 fully saturated rings. The number of nitrogens with zero attached hydrogens (tertiary/aromatic N) is 3. The molecule has 1 N–H and O–H groups in total. The number of rotatable bonds is 4. The van der Waals surface area contributed by atoms with Gasteiger partial charge in [-0.15, -0.1) is 24.0 Å². The van der Waals surface area contributed by atoms with Gasteiger partial charge in [-0.2, -0.15) is 0 Å². The van der Waals surface area contributed by atoms with Crippen LogP contribution in [0.2, 0.25) is 0 Å². The van der Waals surface area contributed by atoms with Crippen molar-refractivity contribution < 1.29 is 14.2 Å². The summed E-state index contributed by atoms with van der Waals surface area (Å²) in [6.07, 6.45) is 1.12. The van der Waals surface area contributed by atoms with Crippen LogP contribution in [-0.2, 0) is 17.8 Å². The molecular formula is C25H33IN4O3. The Morgan fingerprint density at radius 2 is 1.82 bits per heavy atom. The van der Waals surface area contributed by atoms with Crippen LogP contribution >= 0.6 is 24.0 Å². The van der Waals surface area contributed by atoms with Crippen molar-refractivity contribution in [3.8, 4) is 11.5 Å². The van der Waals surface area contributed by atoms with Gasteiger partial charge in [0.15, 0.2) is 17.5 Å². The first-order valence-electron chi connectivity index (χ1n) is 11.5. The third kappa shape index (κ3) is 5.73. The number of morpholine rings is 1. The highest BCUT2D eigenvalue weighted by atomic mass is 127. The molecule has 0 bridgehead atoms. The SMILES string of the molecule is CN=C(NCc1ccc2c(c1)OCCCO2)N1CC2OCCN(Cc3ccccc3)C2C1.I. The fourth-order valence-corrected chi connectivity index (χ4v) is 4.78. The summed E-state index contributed by atoms with van der Waals surface area (Å²) in [6.45, 7) is 6.57. The summed E-state index contributed by atoms with van der Waals surface area (Å²) in [7, 11) is 1.85. The quantitative estimate of drug-likeness (QED) is 0.350. The predicted octanol–water partition coefficient (Wildman–Crippen LogP) is 3.13. The van der Waals surface area contributed by atoms with Gasteiger partial charge in [0.25, 0.3) is 0 Å². The normalized spacial score (nSPS) is 22.8. The van der Waals surface area contributed by atoms with Gasteiger partial charge in [0.05, 0.1) is 32.0 Å². The van der Waals surface area contributed by atoms with Gasteiger partial charge in [-0.1, -0.05) is 36.4 Å². The summed E-state index contributed by atoms with van der Waals surface area (Å²) in [4.78, 5) is 9.43. The zero-order valence-electron chi connectivity index (χ0n) is 19.1. The molecule has 0 radical (unpaired) electrons. The molecular weight excluding hydrogens is 531 g/mol. The van der Waals surface area contributed by atoms with Gasteiger partial charge in [0, 0.05) is 46.2 Å². The summed E-state index contributed by atoms with van der Waals surface area (Å²) < 4.78 is 17.7. The minimum Gasteiger partial charge on any atom is -0.490 e. The molecule has 2 aromatic rings. The first-order valence-corrected chi connectivity index (χ1v) is 11.5. The summed E-state index contributed by atoms with van der Waals surface area (Å²) in [5.41, 5.74) is 2.50. The average molecular weight is 564 g/mol. The topological polar surface area (TPSA) is 58.6 Å². The van der Waals surface area contributed by atoms with Crippen molar-refractivity contribution in [2.45, 2.75) is 31.7 Å². The number of likely N-dealkylation sites (tertiary alicyclic amines) is 1. The number of guanidine groups is 1. The number of halogens is 1. The Morgan fingerprint density at radius 3 is 2.64 bits per heavy atom. The van der Waals surface area contributed by atoms with E-state index in [1.54, 1.807) is 0 Å². The molecule has 0 aromatic heterocycles. The lowest BCUT2D eigenvalue weighted by Gasteiger charge is -2.36. The van der Waals surface area contributed by atoms with E-state index >= 15 is 0 Å². The van der Waals surface area contributed by atoms with E-state index in [2.05, 4.69) is 62.6 Å². The van der Waals surface area contributed by atoms with Crippen LogP contribution in [0.1, 0.15) is 17.5 Å². The Morgan fingerprint density at radius 1 is 1.00 bits per heavy atom. The highest BCUT2D eigenvalue weighted by Crippen LogP contribution is 2.30. The van der Waals surface area contributed by atoms with E-state index in [1.807, 2.05) is 13.1 Å². The van der Waals surface area contributed by atoms with Crippen molar-refractivity contribution in [1.29, 1.82) is 0 Å². The first-order chi connectivity index (χ1) is 15.8. The Hall–Kier alpha value is -2.04. The number of fused-ring (bicyclic) bond motifs is 2. The van der Waals surface area contributed by atoms with Gasteiger partial charge in [0.1, 0.15) is 0 Å². The molecule has 7 nitrogen and oxygen atoms in total. The molecule has 0 amide bonds. The largest absolute Gasteiger partial charge is 0.490 e. The maximum absolute atomic E-state index is 6.14. The van der Waals surface area contributed by atoms with Gasteiger partial charge in [-0.25, -0.2) is 0 Å². The maximum Gasteiger partial charge on any atom is 0.194 e. The number of aliphatic imine (C=N–C) groups is 1. The molecule has 2 atom stereocenters. The second-order valence-electron chi connectivity index (χ2n) is 8.57. The Labute approximate surface area is 213 Å². The predicted molar refractivity (Wildman–Crippen MR) is 140 cm³/mol. The fourth-order valence-electron chi connectivity index (χ4n) is 4.78. The molecule has 2 aromatic carbocycles. The summed E-state index contributed by atoms with van der Waals surface area (Å²) in [5.74, 6) is 2.57. The second kappa shape index (κ2) is 11.4. The van der Waals surface area contributed by atoms with Crippen LogP contribution in [0.25, 0.3) is 0 Å². The average Bonchev–Trinajstić information content (AvgIpc) is 3.12. The smallest absolute Gasteiger partial charge is 0.194 e. The van der Waals surface area contributed by atoms with E-state index in [0.29, 0.717) is 25.8 Å². The maximum atomic E-state index is 6.14. The minimum atomic E-state index is 0. The molecule has 0 spiro atoms. The molecule has 3 heterocycles. The fraction of sp³-hybridized carbons (Fsp3) is 0.480. The minimum absolute atomic E-state index is 0. The van der Waals surface area contributed by atoms with Gasteiger partial charge < -0.3 is 24.4 Å². The number of ether oxygens (including phenoxy) is 3. The number of hydrogen-bond acceptors (Lipinski definition) is 5. The lowest BCUT2D eigenvalue weighted by Crippen LogP contribution is -2.50. The molecule has 178 valence electrons. The molecule has 33 heavy (non-hydrogen) atoms. The van der Waals surface area contributed by atoms with Crippen LogP contribution in [0, 0.1) is 0 Å². The third-order valence-electron chi connectivity index (χ3n) is 6.42. The summed E-state index contributed by atoms with van der Waals surface area (Å²) in [6, 6.07) is 17.2. The van der Waals surface area contributed by atoms with E-state index < -0.39 is 0 Å². The van der Waals surface area contributed by atoms with Crippen molar-refractivity contribution in [3.63, 3.8) is 0 Å². The van der Waals surface area contributed by atoms with Crippen molar-refractivity contribution >= 4 is 29.9 Å². The molecule has 2 unspecified atom stereocenters. The molecule has 2 saturated heterocycles. The van der Waals surface area contributed by atoms with Crippen LogP contribution in [-0.4, -0.2) is 74.4 Å². The van der Waals surface area contributed by atoms with Gasteiger partial charge in [-0.05, 0) is 23.3 Å². The molecule has 5 rings (SSSR count). The lowest BCUT2D eigenvalue weighted by atomic mass is 10.1. The molecule has 0 aliphatic carbocycles. The summed E-state index contributed by atoms with van der Waals surface area (Å²) >= 11 is 0. The Kier molecular flexibility index (Phi) is 8.32.